The number of carbonyl (C=O) groups is 1. The Morgan fingerprint density at radius 3 is 2.56 bits per heavy atom. The maximum absolute atomic E-state index is 13.7. The van der Waals surface area contributed by atoms with Crippen LogP contribution < -0.4 is 14.8 Å². The van der Waals surface area contributed by atoms with Crippen molar-refractivity contribution >= 4 is 27.3 Å². The van der Waals surface area contributed by atoms with Crippen LogP contribution in [-0.2, 0) is 21.4 Å². The highest BCUT2D eigenvalue weighted by molar-refractivity contribution is 7.92. The molecule has 0 radical (unpaired) electrons. The molecule has 2 N–H and O–H groups in total. The van der Waals surface area contributed by atoms with Crippen LogP contribution in [0.1, 0.15) is 22.8 Å². The predicted molar refractivity (Wildman–Crippen MR) is 101 cm³/mol. The second-order valence-corrected chi connectivity index (χ2v) is 7.44. The first kappa shape index (κ1) is 20.7. The van der Waals surface area contributed by atoms with Crippen LogP contribution >= 0.6 is 0 Å². The number of amides is 1. The van der Waals surface area contributed by atoms with E-state index in [-0.39, 0.29) is 11.4 Å². The lowest BCUT2D eigenvalue weighted by molar-refractivity contribution is 0.102. The second-order valence-electron chi connectivity index (χ2n) is 5.69. The molecule has 1 amide bonds. The van der Waals surface area contributed by atoms with Crippen molar-refractivity contribution in [3.8, 4) is 5.75 Å². The van der Waals surface area contributed by atoms with E-state index >= 15 is 0 Å². The Morgan fingerprint density at radius 1 is 1.19 bits per heavy atom. The molecule has 0 bridgehead atoms. The number of carbonyl (C=O) groups excluding carboxylic acids is 1. The van der Waals surface area contributed by atoms with Crippen LogP contribution in [0.2, 0.25) is 0 Å². The summed E-state index contributed by atoms with van der Waals surface area (Å²) in [5, 5.41) is 2.61. The van der Waals surface area contributed by atoms with E-state index in [1.54, 1.807) is 18.2 Å². The molecule has 0 aliphatic rings. The minimum Gasteiger partial charge on any atom is -0.496 e. The lowest BCUT2D eigenvalue weighted by Gasteiger charge is -2.12. The van der Waals surface area contributed by atoms with Crippen LogP contribution in [0.4, 0.5) is 15.8 Å². The van der Waals surface area contributed by atoms with E-state index in [9.17, 15) is 17.6 Å². The molecular formula is C18H21FN2O5S. The first-order valence-electron chi connectivity index (χ1n) is 8.07. The third-order valence-corrected chi connectivity index (χ3v) is 4.11. The molecule has 2 aromatic rings. The lowest BCUT2D eigenvalue weighted by Crippen LogP contribution is -2.14. The van der Waals surface area contributed by atoms with Gasteiger partial charge in [-0.15, -0.1) is 0 Å². The Morgan fingerprint density at radius 2 is 1.93 bits per heavy atom. The number of methoxy groups -OCH3 is 1. The van der Waals surface area contributed by atoms with Gasteiger partial charge in [-0.1, -0.05) is 0 Å². The van der Waals surface area contributed by atoms with Gasteiger partial charge < -0.3 is 14.8 Å². The molecule has 7 nitrogen and oxygen atoms in total. The minimum absolute atomic E-state index is 0.245. The van der Waals surface area contributed by atoms with Crippen LogP contribution in [-0.4, -0.2) is 34.3 Å². The Bertz CT molecular complexity index is 931. The summed E-state index contributed by atoms with van der Waals surface area (Å²) in [6.45, 7) is 2.67. The van der Waals surface area contributed by atoms with Gasteiger partial charge in [-0.3, -0.25) is 9.52 Å². The van der Waals surface area contributed by atoms with Gasteiger partial charge in [-0.2, -0.15) is 0 Å². The summed E-state index contributed by atoms with van der Waals surface area (Å²) in [5.74, 6) is -0.587. The normalized spacial score (nSPS) is 11.1. The lowest BCUT2D eigenvalue weighted by atomic mass is 10.1. The van der Waals surface area contributed by atoms with E-state index in [4.69, 9.17) is 9.47 Å². The quantitative estimate of drug-likeness (QED) is 0.715. The number of hydrogen-bond donors (Lipinski definition) is 2. The zero-order chi connectivity index (χ0) is 20.0. The van der Waals surface area contributed by atoms with Gasteiger partial charge in [-0.05, 0) is 43.3 Å². The maximum Gasteiger partial charge on any atom is 0.255 e. The molecule has 0 saturated carbocycles. The number of rotatable bonds is 8. The van der Waals surface area contributed by atoms with E-state index in [1.165, 1.54) is 19.2 Å². The average Bonchev–Trinajstić information content (AvgIpc) is 2.61. The van der Waals surface area contributed by atoms with Crippen molar-refractivity contribution in [1.82, 2.24) is 0 Å². The molecule has 2 aromatic carbocycles. The molecule has 0 saturated heterocycles. The molecule has 0 fully saturated rings. The van der Waals surface area contributed by atoms with E-state index in [2.05, 4.69) is 10.0 Å². The number of nitrogens with one attached hydrogen (secondary N) is 2. The molecule has 0 spiro atoms. The van der Waals surface area contributed by atoms with Crippen LogP contribution in [0.5, 0.6) is 5.75 Å². The molecule has 0 aliphatic heterocycles. The van der Waals surface area contributed by atoms with Crippen LogP contribution in [0, 0.1) is 5.82 Å². The minimum atomic E-state index is -3.65. The smallest absolute Gasteiger partial charge is 0.255 e. The van der Waals surface area contributed by atoms with Crippen LogP contribution in [0.3, 0.4) is 0 Å². The summed E-state index contributed by atoms with van der Waals surface area (Å²) in [6, 6.07) is 8.50. The van der Waals surface area contributed by atoms with Crippen LogP contribution in [0.15, 0.2) is 36.4 Å². The third kappa shape index (κ3) is 5.93. The fraction of sp³-hybridized carbons (Fsp3) is 0.278. The van der Waals surface area contributed by atoms with Crippen molar-refractivity contribution in [2.45, 2.75) is 13.5 Å². The first-order valence-corrected chi connectivity index (χ1v) is 9.96. The zero-order valence-electron chi connectivity index (χ0n) is 15.2. The fourth-order valence-electron chi connectivity index (χ4n) is 2.33. The Kier molecular flexibility index (Phi) is 6.75. The number of benzene rings is 2. The molecule has 2 rings (SSSR count). The molecule has 0 unspecified atom stereocenters. The standard InChI is InChI=1S/C18H21FN2O5S/c1-4-26-11-13-9-12(5-8-17(13)25-2)18(22)20-14-6-7-15(19)16(10-14)21-27(3,23)24/h5-10,21H,4,11H2,1-3H3,(H,20,22). The average molecular weight is 396 g/mol. The van der Waals surface area contributed by atoms with Crippen molar-refractivity contribution in [3.05, 3.63) is 53.3 Å². The molecule has 146 valence electrons. The van der Waals surface area contributed by atoms with Gasteiger partial charge in [0.25, 0.3) is 5.91 Å². The fourth-order valence-corrected chi connectivity index (χ4v) is 2.88. The highest BCUT2D eigenvalue weighted by Gasteiger charge is 2.13. The summed E-state index contributed by atoms with van der Waals surface area (Å²) in [5.41, 5.74) is 1.06. The van der Waals surface area contributed by atoms with Gasteiger partial charge >= 0.3 is 0 Å². The third-order valence-electron chi connectivity index (χ3n) is 3.52. The highest BCUT2D eigenvalue weighted by atomic mass is 32.2. The Balaban J connectivity index is 2.23. The molecule has 0 atom stereocenters. The zero-order valence-corrected chi connectivity index (χ0v) is 16.0. The molecule has 0 aromatic heterocycles. The maximum atomic E-state index is 13.7. The largest absolute Gasteiger partial charge is 0.496 e. The van der Waals surface area contributed by atoms with Gasteiger partial charge in [-0.25, -0.2) is 12.8 Å². The van der Waals surface area contributed by atoms with E-state index in [1.807, 2.05) is 6.92 Å². The molecule has 9 heteroatoms. The van der Waals surface area contributed by atoms with Gasteiger partial charge in [0, 0.05) is 23.4 Å². The number of anilines is 2. The van der Waals surface area contributed by atoms with Crippen molar-refractivity contribution < 1.29 is 27.1 Å². The van der Waals surface area contributed by atoms with Gasteiger partial charge in [0.05, 0.1) is 25.7 Å². The van der Waals surface area contributed by atoms with Crippen molar-refractivity contribution in [1.29, 1.82) is 0 Å². The first-order chi connectivity index (χ1) is 12.7. The summed E-state index contributed by atoms with van der Waals surface area (Å²) in [4.78, 5) is 12.5. The summed E-state index contributed by atoms with van der Waals surface area (Å²) in [7, 11) is -2.12. The summed E-state index contributed by atoms with van der Waals surface area (Å²) in [6.07, 6.45) is 0.912. The monoisotopic (exact) mass is 396 g/mol. The summed E-state index contributed by atoms with van der Waals surface area (Å²) >= 11 is 0. The predicted octanol–water partition coefficient (Wildman–Crippen LogP) is 2.99. The topological polar surface area (TPSA) is 93.7 Å². The number of ether oxygens (including phenoxy) is 2. The van der Waals surface area contributed by atoms with Gasteiger partial charge in [0.2, 0.25) is 10.0 Å². The molecule has 27 heavy (non-hydrogen) atoms. The number of sulfonamides is 1. The van der Waals surface area contributed by atoms with Gasteiger partial charge in [0.1, 0.15) is 11.6 Å². The van der Waals surface area contributed by atoms with E-state index in [0.29, 0.717) is 30.1 Å². The number of hydrogen-bond acceptors (Lipinski definition) is 5. The van der Waals surface area contributed by atoms with Gasteiger partial charge in [0.15, 0.2) is 0 Å². The van der Waals surface area contributed by atoms with E-state index in [0.717, 1.165) is 12.3 Å². The van der Waals surface area contributed by atoms with E-state index < -0.39 is 21.7 Å². The van der Waals surface area contributed by atoms with Crippen molar-refractivity contribution in [2.75, 3.05) is 30.0 Å². The molecule has 0 aliphatic carbocycles. The van der Waals surface area contributed by atoms with Crippen LogP contribution in [0.25, 0.3) is 0 Å². The van der Waals surface area contributed by atoms with Crippen molar-refractivity contribution in [2.24, 2.45) is 0 Å². The molecule has 0 heterocycles. The summed E-state index contributed by atoms with van der Waals surface area (Å²) < 4.78 is 49.0. The Hall–Kier alpha value is -2.65. The van der Waals surface area contributed by atoms with Crippen molar-refractivity contribution in [3.63, 3.8) is 0 Å². The molecular weight excluding hydrogens is 375 g/mol. The highest BCUT2D eigenvalue weighted by Crippen LogP contribution is 2.23. The SMILES string of the molecule is CCOCc1cc(C(=O)Nc2ccc(F)c(NS(C)(=O)=O)c2)ccc1OC. The Labute approximate surface area is 157 Å². The number of halogens is 1. The second kappa shape index (κ2) is 8.83.